The molecule has 2 rings (SSSR count). The van der Waals surface area contributed by atoms with E-state index in [2.05, 4.69) is 34.9 Å². The Bertz CT molecular complexity index is 597. The van der Waals surface area contributed by atoms with Crippen molar-refractivity contribution >= 4 is 21.4 Å². The van der Waals surface area contributed by atoms with E-state index in [9.17, 15) is 4.79 Å². The summed E-state index contributed by atoms with van der Waals surface area (Å²) in [6.45, 7) is 6.83. The highest BCUT2D eigenvalue weighted by Gasteiger charge is 2.18. The van der Waals surface area contributed by atoms with Crippen LogP contribution in [0.25, 0.3) is 5.52 Å². The van der Waals surface area contributed by atoms with E-state index in [1.807, 2.05) is 19.2 Å². The van der Waals surface area contributed by atoms with E-state index >= 15 is 0 Å². The van der Waals surface area contributed by atoms with Gasteiger partial charge in [-0.05, 0) is 18.4 Å². The van der Waals surface area contributed by atoms with Gasteiger partial charge in [0.1, 0.15) is 5.52 Å². The average Bonchev–Trinajstić information content (AvgIpc) is 2.64. The van der Waals surface area contributed by atoms with E-state index in [0.717, 1.165) is 11.0 Å². The van der Waals surface area contributed by atoms with E-state index in [1.165, 1.54) is 0 Å². The highest BCUT2D eigenvalue weighted by molar-refractivity contribution is 9.09. The van der Waals surface area contributed by atoms with Gasteiger partial charge in [-0.3, -0.25) is 4.79 Å². The minimum absolute atomic E-state index is 0.0159. The summed E-state index contributed by atoms with van der Waals surface area (Å²) in [6.07, 6.45) is 3.63. The van der Waals surface area contributed by atoms with Crippen molar-refractivity contribution < 1.29 is 0 Å². The molecular weight excluding hydrogens is 282 g/mol. The summed E-state index contributed by atoms with van der Waals surface area (Å²) < 4.78 is 3.38. The summed E-state index contributed by atoms with van der Waals surface area (Å²) in [4.78, 5) is 12.2. The molecule has 0 N–H and O–H groups in total. The maximum absolute atomic E-state index is 12.2. The largest absolute Gasteiger partial charge is 0.312 e. The lowest BCUT2D eigenvalue weighted by molar-refractivity contribution is 0.349. The molecule has 0 aliphatic carbocycles. The lowest BCUT2D eigenvalue weighted by Crippen LogP contribution is -2.29. The van der Waals surface area contributed by atoms with Crippen molar-refractivity contribution in [2.45, 2.75) is 27.3 Å². The number of rotatable bonds is 3. The molecule has 0 amide bonds. The van der Waals surface area contributed by atoms with Crippen molar-refractivity contribution in [3.8, 4) is 0 Å². The summed E-state index contributed by atoms with van der Waals surface area (Å²) in [5.74, 6) is 0. The smallest absolute Gasteiger partial charge is 0.276 e. The number of hydrogen-bond donors (Lipinski definition) is 0. The molecule has 5 heteroatoms. The van der Waals surface area contributed by atoms with Crippen molar-refractivity contribution in [1.82, 2.24) is 14.2 Å². The lowest BCUT2D eigenvalue weighted by atomic mass is 9.97. The molecule has 0 saturated heterocycles. The van der Waals surface area contributed by atoms with E-state index in [-0.39, 0.29) is 11.0 Å². The third kappa shape index (κ3) is 2.44. The van der Waals surface area contributed by atoms with Gasteiger partial charge in [0.05, 0.1) is 5.69 Å². The van der Waals surface area contributed by atoms with Crippen LogP contribution in [0.3, 0.4) is 0 Å². The van der Waals surface area contributed by atoms with E-state index in [4.69, 9.17) is 0 Å². The fraction of sp³-hybridized carbons (Fsp3) is 0.500. The Hall–Kier alpha value is -1.10. The molecule has 0 aromatic carbocycles. The highest BCUT2D eigenvalue weighted by Crippen LogP contribution is 2.19. The van der Waals surface area contributed by atoms with Crippen LogP contribution >= 0.6 is 15.9 Å². The Kier molecular flexibility index (Phi) is 3.12. The maximum atomic E-state index is 12.2. The third-order valence-corrected chi connectivity index (χ3v) is 4.20. The molecule has 0 spiro atoms. The normalized spacial score (nSPS) is 12.2. The molecule has 92 valence electrons. The Balaban J connectivity index is 2.49. The zero-order valence-electron chi connectivity index (χ0n) is 10.3. The van der Waals surface area contributed by atoms with Crippen LogP contribution in [0.2, 0.25) is 0 Å². The van der Waals surface area contributed by atoms with Gasteiger partial charge in [0, 0.05) is 24.3 Å². The van der Waals surface area contributed by atoms with Crippen LogP contribution in [0.5, 0.6) is 0 Å². The zero-order valence-corrected chi connectivity index (χ0v) is 11.9. The molecular formula is C12H16BrN3O. The molecule has 0 radical (unpaired) electrons. The fourth-order valence-corrected chi connectivity index (χ4v) is 1.95. The number of aromatic nitrogens is 3. The molecule has 2 aromatic rings. The summed E-state index contributed by atoms with van der Waals surface area (Å²) in [7, 11) is 0. The van der Waals surface area contributed by atoms with Crippen LogP contribution in [-0.4, -0.2) is 19.5 Å². The molecule has 2 heterocycles. The summed E-state index contributed by atoms with van der Waals surface area (Å²) in [5.41, 5.74) is 1.56. The molecule has 0 bridgehead atoms. The number of alkyl halides is 1. The number of hydrogen-bond acceptors (Lipinski definition) is 2. The molecule has 0 unspecified atom stereocenters. The predicted molar refractivity (Wildman–Crippen MR) is 71.8 cm³/mol. The zero-order chi connectivity index (χ0) is 12.6. The minimum Gasteiger partial charge on any atom is -0.312 e. The molecule has 17 heavy (non-hydrogen) atoms. The number of halogens is 1. The van der Waals surface area contributed by atoms with Gasteiger partial charge in [0.2, 0.25) is 0 Å². The molecule has 4 nitrogen and oxygen atoms in total. The first kappa shape index (κ1) is 12.4. The van der Waals surface area contributed by atoms with Crippen molar-refractivity contribution in [3.63, 3.8) is 0 Å². The van der Waals surface area contributed by atoms with Gasteiger partial charge in [0.25, 0.3) is 5.56 Å². The van der Waals surface area contributed by atoms with Gasteiger partial charge in [-0.1, -0.05) is 29.8 Å². The Morgan fingerprint density at radius 2 is 2.12 bits per heavy atom. The molecule has 0 aliphatic rings. The van der Waals surface area contributed by atoms with E-state index < -0.39 is 0 Å². The lowest BCUT2D eigenvalue weighted by Gasteiger charge is -2.22. The minimum atomic E-state index is 0.0159. The van der Waals surface area contributed by atoms with Crippen molar-refractivity contribution in [3.05, 3.63) is 34.5 Å². The van der Waals surface area contributed by atoms with Gasteiger partial charge in [0.15, 0.2) is 0 Å². The van der Waals surface area contributed by atoms with Crippen molar-refractivity contribution in [2.24, 2.45) is 5.41 Å². The van der Waals surface area contributed by atoms with Crippen LogP contribution in [0.15, 0.2) is 23.3 Å². The molecule has 0 atom stereocenters. The fourth-order valence-electron chi connectivity index (χ4n) is 1.78. The summed E-state index contributed by atoms with van der Waals surface area (Å²) in [5, 5.41) is 5.08. The van der Waals surface area contributed by atoms with Crippen LogP contribution in [0, 0.1) is 12.3 Å². The second-order valence-corrected chi connectivity index (χ2v) is 5.71. The first-order valence-corrected chi connectivity index (χ1v) is 6.66. The Morgan fingerprint density at radius 3 is 2.76 bits per heavy atom. The van der Waals surface area contributed by atoms with Gasteiger partial charge in [-0.2, -0.15) is 5.10 Å². The first-order valence-electron chi connectivity index (χ1n) is 5.54. The second kappa shape index (κ2) is 4.29. The van der Waals surface area contributed by atoms with E-state index in [1.54, 1.807) is 15.3 Å². The SMILES string of the molecule is Cc1cc2c(=O)n(CC(C)(C)CBr)ccn2n1. The van der Waals surface area contributed by atoms with Gasteiger partial charge < -0.3 is 4.57 Å². The molecule has 0 saturated carbocycles. The maximum Gasteiger partial charge on any atom is 0.276 e. The molecule has 0 aliphatic heterocycles. The van der Waals surface area contributed by atoms with E-state index in [0.29, 0.717) is 12.1 Å². The van der Waals surface area contributed by atoms with Crippen LogP contribution in [0.1, 0.15) is 19.5 Å². The first-order chi connectivity index (χ1) is 7.93. The van der Waals surface area contributed by atoms with Gasteiger partial charge in [-0.25, -0.2) is 4.52 Å². The molecule has 2 aromatic heterocycles. The van der Waals surface area contributed by atoms with Crippen LogP contribution in [0.4, 0.5) is 0 Å². The number of nitrogens with zero attached hydrogens (tertiary/aromatic N) is 3. The van der Waals surface area contributed by atoms with Crippen LogP contribution in [-0.2, 0) is 6.54 Å². The van der Waals surface area contributed by atoms with Crippen molar-refractivity contribution in [1.29, 1.82) is 0 Å². The standard InChI is InChI=1S/C12H16BrN3O/c1-9-6-10-11(17)15(4-5-16(10)14-9)8-12(2,3)7-13/h4-6H,7-8H2,1-3H3. The average molecular weight is 298 g/mol. The molecule has 0 fully saturated rings. The predicted octanol–water partition coefficient (Wildman–Crippen LogP) is 2.23. The Morgan fingerprint density at radius 1 is 1.41 bits per heavy atom. The number of aryl methyl sites for hydroxylation is 1. The van der Waals surface area contributed by atoms with Gasteiger partial charge >= 0.3 is 0 Å². The third-order valence-electron chi connectivity index (χ3n) is 2.69. The quantitative estimate of drug-likeness (QED) is 0.815. The van der Waals surface area contributed by atoms with Crippen LogP contribution < -0.4 is 5.56 Å². The Labute approximate surface area is 108 Å². The summed E-state index contributed by atoms with van der Waals surface area (Å²) >= 11 is 3.47. The highest BCUT2D eigenvalue weighted by atomic mass is 79.9. The van der Waals surface area contributed by atoms with Gasteiger partial charge in [-0.15, -0.1) is 0 Å². The number of fused-ring (bicyclic) bond motifs is 1. The summed E-state index contributed by atoms with van der Waals surface area (Å²) in [6, 6.07) is 1.82. The topological polar surface area (TPSA) is 39.3 Å². The second-order valence-electron chi connectivity index (χ2n) is 5.14. The van der Waals surface area contributed by atoms with Crippen molar-refractivity contribution in [2.75, 3.05) is 5.33 Å². The monoisotopic (exact) mass is 297 g/mol.